The van der Waals surface area contributed by atoms with E-state index in [1.807, 2.05) is 0 Å². The van der Waals surface area contributed by atoms with Crippen molar-refractivity contribution in [1.82, 2.24) is 0 Å². The highest BCUT2D eigenvalue weighted by atomic mass is 16.1. The number of allylic oxidation sites excluding steroid dienone is 4. The zero-order valence-electron chi connectivity index (χ0n) is 6.94. The van der Waals surface area contributed by atoms with Gasteiger partial charge in [0.15, 0.2) is 5.78 Å². The highest BCUT2D eigenvalue weighted by Gasteiger charge is 2.47. The minimum Gasteiger partial charge on any atom is -0.295 e. The second kappa shape index (κ2) is 2.09. The average molecular weight is 160 g/mol. The van der Waals surface area contributed by atoms with Crippen molar-refractivity contribution in [2.24, 2.45) is 23.7 Å². The van der Waals surface area contributed by atoms with Crippen LogP contribution in [0.1, 0.15) is 12.8 Å². The molecule has 4 atom stereocenters. The molecule has 0 aromatic carbocycles. The summed E-state index contributed by atoms with van der Waals surface area (Å²) in [5, 5.41) is 0. The minimum atomic E-state index is 0.352. The Labute approximate surface area is 72.2 Å². The highest BCUT2D eigenvalue weighted by molar-refractivity contribution is 5.93. The van der Waals surface area contributed by atoms with Crippen LogP contribution >= 0.6 is 0 Å². The quantitative estimate of drug-likeness (QED) is 0.495. The molecule has 3 aliphatic rings. The largest absolute Gasteiger partial charge is 0.295 e. The Balaban J connectivity index is 2.03. The minimum absolute atomic E-state index is 0.352. The van der Waals surface area contributed by atoms with Crippen molar-refractivity contribution in [2.45, 2.75) is 12.8 Å². The fourth-order valence-corrected chi connectivity index (χ4v) is 3.12. The maximum Gasteiger partial charge on any atom is 0.159 e. The Kier molecular flexibility index (Phi) is 1.16. The van der Waals surface area contributed by atoms with E-state index < -0.39 is 0 Å². The van der Waals surface area contributed by atoms with E-state index in [9.17, 15) is 4.79 Å². The van der Waals surface area contributed by atoms with E-state index in [4.69, 9.17) is 0 Å². The number of ketones is 1. The zero-order valence-corrected chi connectivity index (χ0v) is 6.94. The number of fused-ring (bicyclic) bond motifs is 5. The second-order valence-electron chi connectivity index (χ2n) is 4.18. The third kappa shape index (κ3) is 0.669. The highest BCUT2D eigenvalue weighted by Crippen LogP contribution is 2.51. The van der Waals surface area contributed by atoms with Crippen LogP contribution in [0.4, 0.5) is 0 Å². The molecule has 2 bridgehead atoms. The molecule has 3 aliphatic carbocycles. The monoisotopic (exact) mass is 160 g/mol. The summed E-state index contributed by atoms with van der Waals surface area (Å²) in [7, 11) is 0. The predicted molar refractivity (Wildman–Crippen MR) is 46.5 cm³/mol. The van der Waals surface area contributed by atoms with E-state index in [-0.39, 0.29) is 0 Å². The summed E-state index contributed by atoms with van der Waals surface area (Å²) >= 11 is 0. The molecule has 12 heavy (non-hydrogen) atoms. The number of hydrogen-bond donors (Lipinski definition) is 0. The fourth-order valence-electron chi connectivity index (χ4n) is 3.12. The average Bonchev–Trinajstić information content (AvgIpc) is 2.64. The molecule has 1 saturated carbocycles. The van der Waals surface area contributed by atoms with Crippen molar-refractivity contribution < 1.29 is 4.79 Å². The predicted octanol–water partition coefficient (Wildman–Crippen LogP) is 1.95. The van der Waals surface area contributed by atoms with Crippen molar-refractivity contribution in [3.05, 3.63) is 24.3 Å². The second-order valence-corrected chi connectivity index (χ2v) is 4.18. The van der Waals surface area contributed by atoms with Gasteiger partial charge in [-0.2, -0.15) is 0 Å². The van der Waals surface area contributed by atoms with Crippen LogP contribution in [0.5, 0.6) is 0 Å². The smallest absolute Gasteiger partial charge is 0.159 e. The third-order valence-corrected chi connectivity index (χ3v) is 3.64. The molecule has 1 nitrogen and oxygen atoms in total. The molecule has 0 aromatic heterocycles. The van der Waals surface area contributed by atoms with Crippen LogP contribution in [0.25, 0.3) is 0 Å². The van der Waals surface area contributed by atoms with E-state index >= 15 is 0 Å². The van der Waals surface area contributed by atoms with Crippen LogP contribution in [0.3, 0.4) is 0 Å². The molecular formula is C11H12O. The normalized spacial score (nSPS) is 48.5. The van der Waals surface area contributed by atoms with Gasteiger partial charge in [-0.25, -0.2) is 0 Å². The van der Waals surface area contributed by atoms with Gasteiger partial charge in [0, 0.05) is 5.92 Å². The first-order valence-corrected chi connectivity index (χ1v) is 4.75. The van der Waals surface area contributed by atoms with Gasteiger partial charge in [-0.05, 0) is 36.7 Å². The molecule has 0 saturated heterocycles. The Morgan fingerprint density at radius 3 is 2.92 bits per heavy atom. The van der Waals surface area contributed by atoms with Crippen molar-refractivity contribution in [3.8, 4) is 0 Å². The molecule has 62 valence electrons. The zero-order chi connectivity index (χ0) is 8.13. The molecule has 0 unspecified atom stereocenters. The number of hydrogen-bond acceptors (Lipinski definition) is 1. The van der Waals surface area contributed by atoms with Gasteiger partial charge < -0.3 is 0 Å². The first-order valence-electron chi connectivity index (χ1n) is 4.75. The van der Waals surface area contributed by atoms with Gasteiger partial charge in [-0.3, -0.25) is 4.79 Å². The van der Waals surface area contributed by atoms with Crippen LogP contribution < -0.4 is 0 Å². The summed E-state index contributed by atoms with van der Waals surface area (Å²) < 4.78 is 0. The van der Waals surface area contributed by atoms with Crippen LogP contribution in [0, 0.1) is 23.7 Å². The molecule has 1 fully saturated rings. The first kappa shape index (κ1) is 6.64. The van der Waals surface area contributed by atoms with Gasteiger partial charge in [0.2, 0.25) is 0 Å². The Morgan fingerprint density at radius 2 is 2.08 bits per heavy atom. The number of rotatable bonds is 0. The Morgan fingerprint density at radius 1 is 1.25 bits per heavy atom. The lowest BCUT2D eigenvalue weighted by molar-refractivity contribution is -0.120. The fraction of sp³-hybridized carbons (Fsp3) is 0.545. The lowest BCUT2D eigenvalue weighted by Gasteiger charge is -2.27. The Bertz CT molecular complexity index is 287. The number of carbonyl (C=O) groups is 1. The van der Waals surface area contributed by atoms with E-state index in [0.29, 0.717) is 29.5 Å². The lowest BCUT2D eigenvalue weighted by Crippen LogP contribution is -2.28. The van der Waals surface area contributed by atoms with Crippen LogP contribution in [0.15, 0.2) is 24.3 Å². The summed E-state index contributed by atoms with van der Waals surface area (Å²) in [6.07, 6.45) is 10.8. The molecule has 0 radical (unpaired) electrons. The van der Waals surface area contributed by atoms with Crippen LogP contribution in [0.2, 0.25) is 0 Å². The molecule has 1 heteroatoms. The van der Waals surface area contributed by atoms with E-state index in [1.165, 1.54) is 6.42 Å². The van der Waals surface area contributed by atoms with Gasteiger partial charge in [-0.1, -0.05) is 18.2 Å². The summed E-state index contributed by atoms with van der Waals surface area (Å²) in [5.74, 6) is 2.68. The third-order valence-electron chi connectivity index (χ3n) is 3.64. The van der Waals surface area contributed by atoms with Crippen molar-refractivity contribution in [3.63, 3.8) is 0 Å². The van der Waals surface area contributed by atoms with Gasteiger partial charge in [0.1, 0.15) is 0 Å². The topological polar surface area (TPSA) is 17.1 Å². The Hall–Kier alpha value is -0.850. The van der Waals surface area contributed by atoms with Gasteiger partial charge in [0.25, 0.3) is 0 Å². The summed E-state index contributed by atoms with van der Waals surface area (Å²) in [6.45, 7) is 0. The molecule has 0 aromatic rings. The SMILES string of the molecule is O=C1C=CC[C@@H]2[C@H]1[C@@H]1C=C[C@H]2C1. The molecule has 0 spiro atoms. The molecular weight excluding hydrogens is 148 g/mol. The maximum atomic E-state index is 11.5. The van der Waals surface area contributed by atoms with Crippen molar-refractivity contribution in [2.75, 3.05) is 0 Å². The molecule has 0 amide bonds. The summed E-state index contributed by atoms with van der Waals surface area (Å²) in [6, 6.07) is 0. The van der Waals surface area contributed by atoms with Crippen LogP contribution in [-0.4, -0.2) is 5.78 Å². The van der Waals surface area contributed by atoms with E-state index in [2.05, 4.69) is 18.2 Å². The standard InChI is InChI=1S/C11H12O/c12-10-3-1-2-9-7-4-5-8(6-7)11(9)10/h1,3-5,7-9,11H,2,6H2/t7-,8+,9-,11+/m0/s1. The van der Waals surface area contributed by atoms with E-state index in [0.717, 1.165) is 6.42 Å². The summed E-state index contributed by atoms with van der Waals surface area (Å²) in [4.78, 5) is 11.5. The molecule has 0 heterocycles. The van der Waals surface area contributed by atoms with Crippen molar-refractivity contribution in [1.29, 1.82) is 0 Å². The van der Waals surface area contributed by atoms with E-state index in [1.54, 1.807) is 6.08 Å². The maximum absolute atomic E-state index is 11.5. The summed E-state index contributed by atoms with van der Waals surface area (Å²) in [5.41, 5.74) is 0. The molecule has 3 rings (SSSR count). The first-order chi connectivity index (χ1) is 5.86. The van der Waals surface area contributed by atoms with Crippen LogP contribution in [-0.2, 0) is 4.79 Å². The van der Waals surface area contributed by atoms with Gasteiger partial charge in [0.05, 0.1) is 0 Å². The molecule has 0 N–H and O–H groups in total. The van der Waals surface area contributed by atoms with Gasteiger partial charge >= 0.3 is 0 Å². The molecule has 0 aliphatic heterocycles. The number of carbonyl (C=O) groups excluding carboxylic acids is 1. The van der Waals surface area contributed by atoms with Crippen molar-refractivity contribution >= 4 is 5.78 Å². The lowest BCUT2D eigenvalue weighted by atomic mass is 9.76. The van der Waals surface area contributed by atoms with Gasteiger partial charge in [-0.15, -0.1) is 0 Å².